The Balaban J connectivity index is 1.57. The average Bonchev–Trinajstić information content (AvgIpc) is 3.30. The molecular formula is C29H27NO3. The average molecular weight is 438 g/mol. The molecule has 166 valence electrons. The van der Waals surface area contributed by atoms with Gasteiger partial charge in [0.2, 0.25) is 0 Å². The van der Waals surface area contributed by atoms with Gasteiger partial charge in [-0.3, -0.25) is 4.79 Å². The van der Waals surface area contributed by atoms with Crippen molar-refractivity contribution in [2.45, 2.75) is 25.4 Å². The molecule has 0 saturated heterocycles. The molecule has 4 nitrogen and oxygen atoms in total. The van der Waals surface area contributed by atoms with Gasteiger partial charge in [-0.2, -0.15) is 0 Å². The van der Waals surface area contributed by atoms with Crippen LogP contribution < -0.4 is 9.47 Å². The van der Waals surface area contributed by atoms with Gasteiger partial charge in [0.15, 0.2) is 0 Å². The second kappa shape index (κ2) is 8.99. The number of carbonyl (C=O) groups excluding carboxylic acids is 1. The van der Waals surface area contributed by atoms with Crippen molar-refractivity contribution in [3.8, 4) is 11.5 Å². The zero-order valence-electron chi connectivity index (χ0n) is 19.0. The highest BCUT2D eigenvalue weighted by molar-refractivity contribution is 6.09. The summed E-state index contributed by atoms with van der Waals surface area (Å²) in [7, 11) is 3.29. The summed E-state index contributed by atoms with van der Waals surface area (Å²) in [5.41, 5.74) is 4.33. The molecule has 0 radical (unpaired) electrons. The minimum absolute atomic E-state index is 0.00252. The molecule has 4 heteroatoms. The number of carbonyl (C=O) groups is 1. The first-order valence-electron chi connectivity index (χ1n) is 11.2. The molecule has 1 amide bonds. The zero-order valence-corrected chi connectivity index (χ0v) is 19.0. The lowest BCUT2D eigenvalue weighted by molar-refractivity contribution is 0.0666. The predicted molar refractivity (Wildman–Crippen MR) is 131 cm³/mol. The first-order valence-corrected chi connectivity index (χ1v) is 11.2. The molecule has 0 saturated carbocycles. The summed E-state index contributed by atoms with van der Waals surface area (Å²) in [5, 5.41) is 1.94. The lowest BCUT2D eigenvalue weighted by Gasteiger charge is -2.30. The predicted octanol–water partition coefficient (Wildman–Crippen LogP) is 5.67. The van der Waals surface area contributed by atoms with Crippen molar-refractivity contribution in [1.82, 2.24) is 4.90 Å². The van der Waals surface area contributed by atoms with E-state index in [9.17, 15) is 4.79 Å². The Morgan fingerprint density at radius 3 is 2.15 bits per heavy atom. The van der Waals surface area contributed by atoms with Gasteiger partial charge in [-0.05, 0) is 58.5 Å². The summed E-state index contributed by atoms with van der Waals surface area (Å²) < 4.78 is 11.0. The van der Waals surface area contributed by atoms with Crippen LogP contribution in [0.1, 0.15) is 27.0 Å². The van der Waals surface area contributed by atoms with Crippen LogP contribution in [0.4, 0.5) is 0 Å². The highest BCUT2D eigenvalue weighted by Gasteiger charge is 2.32. The molecular weight excluding hydrogens is 410 g/mol. The van der Waals surface area contributed by atoms with E-state index in [2.05, 4.69) is 24.3 Å². The van der Waals surface area contributed by atoms with Crippen LogP contribution in [0.2, 0.25) is 0 Å². The van der Waals surface area contributed by atoms with E-state index in [1.165, 1.54) is 11.1 Å². The van der Waals surface area contributed by atoms with Crippen LogP contribution in [-0.4, -0.2) is 31.1 Å². The van der Waals surface area contributed by atoms with Crippen LogP contribution in [0, 0.1) is 0 Å². The smallest absolute Gasteiger partial charge is 0.258 e. The number of hydrogen-bond donors (Lipinski definition) is 0. The van der Waals surface area contributed by atoms with Crippen molar-refractivity contribution in [3.63, 3.8) is 0 Å². The SMILES string of the molecule is COc1ccc(CN(C(=O)c2c(OC)ccc3ccccc23)C2Cc3ccccc3C2)cc1. The summed E-state index contributed by atoms with van der Waals surface area (Å²) in [6, 6.07) is 28.4. The Labute approximate surface area is 194 Å². The molecule has 0 atom stereocenters. The van der Waals surface area contributed by atoms with Gasteiger partial charge in [-0.1, -0.05) is 66.7 Å². The van der Waals surface area contributed by atoms with Gasteiger partial charge in [-0.25, -0.2) is 0 Å². The fraction of sp³-hybridized carbons (Fsp3) is 0.207. The largest absolute Gasteiger partial charge is 0.497 e. The van der Waals surface area contributed by atoms with Gasteiger partial charge in [0.05, 0.1) is 19.8 Å². The van der Waals surface area contributed by atoms with E-state index in [-0.39, 0.29) is 11.9 Å². The highest BCUT2D eigenvalue weighted by Crippen LogP contribution is 2.33. The number of benzene rings is 4. The summed E-state index contributed by atoms with van der Waals surface area (Å²) in [4.78, 5) is 16.2. The van der Waals surface area contributed by atoms with E-state index in [0.29, 0.717) is 17.9 Å². The third kappa shape index (κ3) is 4.05. The number of amides is 1. The third-order valence-corrected chi connectivity index (χ3v) is 6.57. The Kier molecular flexibility index (Phi) is 5.74. The number of fused-ring (bicyclic) bond motifs is 2. The second-order valence-corrected chi connectivity index (χ2v) is 8.48. The van der Waals surface area contributed by atoms with Gasteiger partial charge in [0.1, 0.15) is 11.5 Å². The van der Waals surface area contributed by atoms with Gasteiger partial charge in [0, 0.05) is 12.6 Å². The first kappa shape index (κ1) is 21.1. The summed E-state index contributed by atoms with van der Waals surface area (Å²) >= 11 is 0. The maximum absolute atomic E-state index is 14.2. The van der Waals surface area contributed by atoms with Crippen LogP contribution >= 0.6 is 0 Å². The maximum atomic E-state index is 14.2. The van der Waals surface area contributed by atoms with Gasteiger partial charge in [-0.15, -0.1) is 0 Å². The molecule has 5 rings (SSSR count). The maximum Gasteiger partial charge on any atom is 0.258 e. The van der Waals surface area contributed by atoms with Crippen molar-refractivity contribution < 1.29 is 14.3 Å². The van der Waals surface area contributed by atoms with Crippen molar-refractivity contribution in [1.29, 1.82) is 0 Å². The van der Waals surface area contributed by atoms with Crippen LogP contribution in [-0.2, 0) is 19.4 Å². The van der Waals surface area contributed by atoms with Crippen molar-refractivity contribution in [2.75, 3.05) is 14.2 Å². The fourth-order valence-electron chi connectivity index (χ4n) is 4.84. The third-order valence-electron chi connectivity index (χ3n) is 6.57. The van der Waals surface area contributed by atoms with E-state index < -0.39 is 0 Å². The van der Waals surface area contributed by atoms with Crippen LogP contribution in [0.5, 0.6) is 11.5 Å². The zero-order chi connectivity index (χ0) is 22.8. The molecule has 4 aromatic rings. The van der Waals surface area contributed by atoms with Crippen LogP contribution in [0.15, 0.2) is 84.9 Å². The molecule has 1 aliphatic rings. The first-order chi connectivity index (χ1) is 16.2. The molecule has 0 unspecified atom stereocenters. The molecule has 0 N–H and O–H groups in total. The van der Waals surface area contributed by atoms with E-state index in [1.54, 1.807) is 14.2 Å². The van der Waals surface area contributed by atoms with Gasteiger partial charge >= 0.3 is 0 Å². The van der Waals surface area contributed by atoms with E-state index in [0.717, 1.165) is 34.9 Å². The molecule has 0 aromatic heterocycles. The van der Waals surface area contributed by atoms with E-state index >= 15 is 0 Å². The minimum Gasteiger partial charge on any atom is -0.497 e. The molecule has 33 heavy (non-hydrogen) atoms. The number of ether oxygens (including phenoxy) is 2. The van der Waals surface area contributed by atoms with Gasteiger partial charge in [0.25, 0.3) is 5.91 Å². The Bertz CT molecular complexity index is 1270. The molecule has 0 aliphatic heterocycles. The lowest BCUT2D eigenvalue weighted by Crippen LogP contribution is -2.40. The number of methoxy groups -OCH3 is 2. The van der Waals surface area contributed by atoms with Crippen molar-refractivity contribution >= 4 is 16.7 Å². The molecule has 0 heterocycles. The summed E-state index contributed by atoms with van der Waals surface area (Å²) in [6.07, 6.45) is 1.70. The van der Waals surface area contributed by atoms with E-state index in [1.807, 2.05) is 65.6 Å². The minimum atomic E-state index is -0.00252. The van der Waals surface area contributed by atoms with Crippen molar-refractivity contribution in [3.05, 3.63) is 107 Å². The molecule has 0 fully saturated rings. The standard InChI is InChI=1S/C29H27NO3/c1-32-25-14-11-20(12-15-25)19-30(24-17-22-8-3-4-9-23(22)18-24)29(31)28-26-10-6-5-7-21(26)13-16-27(28)33-2/h3-16,24H,17-19H2,1-2H3. The monoisotopic (exact) mass is 437 g/mol. The summed E-state index contributed by atoms with van der Waals surface area (Å²) in [5.74, 6) is 1.41. The highest BCUT2D eigenvalue weighted by atomic mass is 16.5. The van der Waals surface area contributed by atoms with Crippen LogP contribution in [0.25, 0.3) is 10.8 Å². The quantitative estimate of drug-likeness (QED) is 0.390. The second-order valence-electron chi connectivity index (χ2n) is 8.48. The normalized spacial score (nSPS) is 13.0. The van der Waals surface area contributed by atoms with Crippen molar-refractivity contribution in [2.24, 2.45) is 0 Å². The topological polar surface area (TPSA) is 38.8 Å². The molecule has 4 aromatic carbocycles. The van der Waals surface area contributed by atoms with Gasteiger partial charge < -0.3 is 14.4 Å². The summed E-state index contributed by atoms with van der Waals surface area (Å²) in [6.45, 7) is 0.522. The fourth-order valence-corrected chi connectivity index (χ4v) is 4.84. The Morgan fingerprint density at radius 2 is 1.48 bits per heavy atom. The Hall–Kier alpha value is -3.79. The number of nitrogens with zero attached hydrogens (tertiary/aromatic N) is 1. The van der Waals surface area contributed by atoms with Crippen LogP contribution in [0.3, 0.4) is 0 Å². The van der Waals surface area contributed by atoms with E-state index in [4.69, 9.17) is 9.47 Å². The lowest BCUT2D eigenvalue weighted by atomic mass is 10.0. The molecule has 1 aliphatic carbocycles. The number of hydrogen-bond acceptors (Lipinski definition) is 3. The molecule has 0 spiro atoms. The Morgan fingerprint density at radius 1 is 0.818 bits per heavy atom. The molecule has 0 bridgehead atoms. The number of rotatable bonds is 6.